The van der Waals surface area contributed by atoms with Crippen molar-refractivity contribution in [3.8, 4) is 12.1 Å². The van der Waals surface area contributed by atoms with Crippen molar-refractivity contribution in [3.05, 3.63) is 82.9 Å². The Morgan fingerprint density at radius 1 is 0.769 bits per heavy atom. The van der Waals surface area contributed by atoms with Crippen LogP contribution in [0.15, 0.2) is 60.7 Å². The first kappa shape index (κ1) is 17.7. The van der Waals surface area contributed by atoms with Crippen LogP contribution in [-0.2, 0) is 0 Å². The van der Waals surface area contributed by atoms with E-state index >= 15 is 0 Å². The molecule has 1 fully saturated rings. The second-order valence-corrected chi connectivity index (χ2v) is 6.88. The third kappa shape index (κ3) is 4.95. The van der Waals surface area contributed by atoms with Crippen molar-refractivity contribution in [2.75, 3.05) is 0 Å². The SMILES string of the molecule is N#Cc1cccc(/C=C/[C@@H]2CCC[C@H](/C=C/c3cccc(C#N)c3)C2)c1. The molecule has 2 atom stereocenters. The average Bonchev–Trinajstić information content (AvgIpc) is 2.71. The standard InChI is InChI=1S/C24H22N2/c25-17-23-8-2-6-21(15-23)12-10-19-4-1-5-20(14-19)11-13-22-7-3-9-24(16-22)18-26/h2-3,6-13,15-16,19-20H,1,4-5,14H2/b12-10+,13-11+/t19-,20+. The van der Waals surface area contributed by atoms with E-state index in [4.69, 9.17) is 10.5 Å². The summed E-state index contributed by atoms with van der Waals surface area (Å²) in [6.07, 6.45) is 13.7. The van der Waals surface area contributed by atoms with Gasteiger partial charge in [-0.2, -0.15) is 10.5 Å². The smallest absolute Gasteiger partial charge is 0.0991 e. The monoisotopic (exact) mass is 338 g/mol. The molecular weight excluding hydrogens is 316 g/mol. The van der Waals surface area contributed by atoms with Gasteiger partial charge in [-0.05, 0) is 66.5 Å². The molecule has 2 nitrogen and oxygen atoms in total. The Labute approximate surface area is 155 Å². The summed E-state index contributed by atoms with van der Waals surface area (Å²) in [5, 5.41) is 18.0. The van der Waals surface area contributed by atoms with Gasteiger partial charge in [0.15, 0.2) is 0 Å². The van der Waals surface area contributed by atoms with Gasteiger partial charge in [-0.25, -0.2) is 0 Å². The van der Waals surface area contributed by atoms with Gasteiger partial charge >= 0.3 is 0 Å². The van der Waals surface area contributed by atoms with E-state index in [2.05, 4.69) is 36.4 Å². The highest BCUT2D eigenvalue weighted by atomic mass is 14.2. The number of rotatable bonds is 4. The Morgan fingerprint density at radius 3 is 1.73 bits per heavy atom. The number of hydrogen-bond donors (Lipinski definition) is 0. The van der Waals surface area contributed by atoms with E-state index in [0.717, 1.165) is 17.5 Å². The Bertz CT molecular complexity index is 819. The zero-order valence-corrected chi connectivity index (χ0v) is 14.8. The lowest BCUT2D eigenvalue weighted by atomic mass is 9.80. The Hall–Kier alpha value is -3.10. The Balaban J connectivity index is 1.62. The molecule has 0 bridgehead atoms. The molecule has 0 saturated heterocycles. The maximum atomic E-state index is 9.00. The number of hydrogen-bond acceptors (Lipinski definition) is 2. The average molecular weight is 338 g/mol. The molecule has 0 unspecified atom stereocenters. The van der Waals surface area contributed by atoms with E-state index in [0.29, 0.717) is 23.0 Å². The molecule has 26 heavy (non-hydrogen) atoms. The van der Waals surface area contributed by atoms with Gasteiger partial charge in [-0.1, -0.05) is 55.0 Å². The van der Waals surface area contributed by atoms with Gasteiger partial charge in [0.1, 0.15) is 0 Å². The van der Waals surface area contributed by atoms with Crippen LogP contribution in [0.25, 0.3) is 12.2 Å². The fourth-order valence-corrected chi connectivity index (χ4v) is 3.53. The van der Waals surface area contributed by atoms with Crippen LogP contribution in [-0.4, -0.2) is 0 Å². The summed E-state index contributed by atoms with van der Waals surface area (Å²) in [6.45, 7) is 0. The summed E-state index contributed by atoms with van der Waals surface area (Å²) in [5.74, 6) is 1.16. The van der Waals surface area contributed by atoms with E-state index in [1.165, 1.54) is 19.3 Å². The summed E-state index contributed by atoms with van der Waals surface area (Å²) >= 11 is 0. The molecule has 1 saturated carbocycles. The largest absolute Gasteiger partial charge is 0.192 e. The molecule has 2 aromatic carbocycles. The van der Waals surface area contributed by atoms with Crippen LogP contribution in [0.5, 0.6) is 0 Å². The fraction of sp³-hybridized carbons (Fsp3) is 0.250. The van der Waals surface area contributed by atoms with Crippen LogP contribution in [0.2, 0.25) is 0 Å². The molecule has 1 aliphatic carbocycles. The molecule has 0 N–H and O–H groups in total. The normalized spacial score (nSPS) is 20.1. The van der Waals surface area contributed by atoms with Gasteiger partial charge in [0.05, 0.1) is 23.3 Å². The van der Waals surface area contributed by atoms with E-state index in [9.17, 15) is 0 Å². The lowest BCUT2D eigenvalue weighted by Crippen LogP contribution is -2.12. The maximum absolute atomic E-state index is 9.00. The second kappa shape index (κ2) is 8.84. The summed E-state index contributed by atoms with van der Waals surface area (Å²) < 4.78 is 0. The topological polar surface area (TPSA) is 47.6 Å². The zero-order valence-electron chi connectivity index (χ0n) is 14.8. The van der Waals surface area contributed by atoms with Crippen LogP contribution in [0, 0.1) is 34.5 Å². The van der Waals surface area contributed by atoms with E-state index < -0.39 is 0 Å². The second-order valence-electron chi connectivity index (χ2n) is 6.88. The first-order valence-corrected chi connectivity index (χ1v) is 9.13. The maximum Gasteiger partial charge on any atom is 0.0991 e. The molecule has 0 heterocycles. The quantitative estimate of drug-likeness (QED) is 0.690. The van der Waals surface area contributed by atoms with Crippen LogP contribution in [0.1, 0.15) is 47.9 Å². The molecule has 0 aliphatic heterocycles. The van der Waals surface area contributed by atoms with Gasteiger partial charge in [0, 0.05) is 0 Å². The molecule has 3 rings (SSSR count). The van der Waals surface area contributed by atoms with Crippen molar-refractivity contribution in [2.45, 2.75) is 25.7 Å². The number of nitriles is 2. The number of allylic oxidation sites excluding steroid dienone is 2. The highest BCUT2D eigenvalue weighted by Crippen LogP contribution is 2.31. The van der Waals surface area contributed by atoms with Crippen LogP contribution >= 0.6 is 0 Å². The molecule has 1 aliphatic rings. The van der Waals surface area contributed by atoms with Gasteiger partial charge in [-0.3, -0.25) is 0 Å². The Morgan fingerprint density at radius 2 is 1.27 bits per heavy atom. The van der Waals surface area contributed by atoms with Gasteiger partial charge < -0.3 is 0 Å². The number of nitrogens with zero attached hydrogens (tertiary/aromatic N) is 2. The van der Waals surface area contributed by atoms with Crippen molar-refractivity contribution < 1.29 is 0 Å². The number of benzene rings is 2. The third-order valence-electron chi connectivity index (χ3n) is 4.91. The molecule has 0 aromatic heterocycles. The summed E-state index contributed by atoms with van der Waals surface area (Å²) in [5.41, 5.74) is 3.59. The highest BCUT2D eigenvalue weighted by Gasteiger charge is 2.18. The predicted molar refractivity (Wildman–Crippen MR) is 106 cm³/mol. The minimum absolute atomic E-state index is 0.578. The van der Waals surface area contributed by atoms with Crippen molar-refractivity contribution >= 4 is 12.2 Å². The van der Waals surface area contributed by atoms with Gasteiger partial charge in [0.2, 0.25) is 0 Å². The molecule has 0 amide bonds. The molecule has 128 valence electrons. The zero-order chi connectivity index (χ0) is 18.2. The van der Waals surface area contributed by atoms with Crippen molar-refractivity contribution in [1.82, 2.24) is 0 Å². The van der Waals surface area contributed by atoms with Crippen LogP contribution in [0.4, 0.5) is 0 Å². The van der Waals surface area contributed by atoms with Gasteiger partial charge in [0.25, 0.3) is 0 Å². The molecule has 0 spiro atoms. The van der Waals surface area contributed by atoms with Crippen molar-refractivity contribution in [3.63, 3.8) is 0 Å². The first-order valence-electron chi connectivity index (χ1n) is 9.13. The fourth-order valence-electron chi connectivity index (χ4n) is 3.53. The van der Waals surface area contributed by atoms with Crippen molar-refractivity contribution in [1.29, 1.82) is 10.5 Å². The van der Waals surface area contributed by atoms with Gasteiger partial charge in [-0.15, -0.1) is 0 Å². The predicted octanol–water partition coefficient (Wildman–Crippen LogP) is 5.96. The summed E-state index contributed by atoms with van der Waals surface area (Å²) in [7, 11) is 0. The lowest BCUT2D eigenvalue weighted by Gasteiger charge is -2.25. The minimum atomic E-state index is 0.578. The van der Waals surface area contributed by atoms with E-state index in [1.807, 2.05) is 48.5 Å². The van der Waals surface area contributed by atoms with E-state index in [1.54, 1.807) is 0 Å². The van der Waals surface area contributed by atoms with E-state index in [-0.39, 0.29) is 0 Å². The molecule has 0 radical (unpaired) electrons. The molecular formula is C24H22N2. The summed E-state index contributed by atoms with van der Waals surface area (Å²) in [6, 6.07) is 19.8. The summed E-state index contributed by atoms with van der Waals surface area (Å²) in [4.78, 5) is 0. The molecule has 2 heteroatoms. The lowest BCUT2D eigenvalue weighted by molar-refractivity contribution is 0.354. The minimum Gasteiger partial charge on any atom is -0.192 e. The van der Waals surface area contributed by atoms with Crippen molar-refractivity contribution in [2.24, 2.45) is 11.8 Å². The Kier molecular flexibility index (Phi) is 6.02. The first-order chi connectivity index (χ1) is 12.8. The van der Waals surface area contributed by atoms with Crippen LogP contribution < -0.4 is 0 Å². The molecule has 2 aromatic rings. The third-order valence-corrected chi connectivity index (χ3v) is 4.91. The highest BCUT2D eigenvalue weighted by molar-refractivity contribution is 5.53. The van der Waals surface area contributed by atoms with Crippen LogP contribution in [0.3, 0.4) is 0 Å².